The van der Waals surface area contributed by atoms with Gasteiger partial charge in [0.2, 0.25) is 0 Å². The highest BCUT2D eigenvalue weighted by atomic mass is 19.4. The molecule has 0 saturated heterocycles. The van der Waals surface area contributed by atoms with E-state index in [1.165, 1.54) is 6.92 Å². The van der Waals surface area contributed by atoms with Crippen molar-refractivity contribution in [3.63, 3.8) is 0 Å². The smallest absolute Gasteiger partial charge is 0.238 e. The zero-order chi connectivity index (χ0) is 15.8. The van der Waals surface area contributed by atoms with E-state index < -0.39 is 28.9 Å². The quantitative estimate of drug-likeness (QED) is 0.483. The molecular weight excluding hydrogens is 289 g/mol. The third-order valence-corrected chi connectivity index (χ3v) is 2.85. The topological polar surface area (TPSA) is 4.36 Å². The van der Waals surface area contributed by atoms with E-state index in [4.69, 9.17) is 6.57 Å². The van der Waals surface area contributed by atoms with Crippen LogP contribution in [-0.4, -0.2) is 0 Å². The van der Waals surface area contributed by atoms with Gasteiger partial charge in [-0.1, -0.05) is 0 Å². The van der Waals surface area contributed by atoms with Crippen molar-refractivity contribution in [3.05, 3.63) is 64.5 Å². The first-order valence-corrected chi connectivity index (χ1v) is 5.78. The average molecular weight is 297 g/mol. The number of halogens is 5. The minimum atomic E-state index is -4.70. The summed E-state index contributed by atoms with van der Waals surface area (Å²) >= 11 is 0. The second-order valence-corrected chi connectivity index (χ2v) is 4.48. The van der Waals surface area contributed by atoms with E-state index in [1.807, 2.05) is 0 Å². The molecule has 2 aromatic rings. The largest absolute Gasteiger partial charge is 0.415 e. The van der Waals surface area contributed by atoms with Gasteiger partial charge >= 0.3 is 6.18 Å². The molecule has 0 amide bonds. The minimum Gasteiger partial charge on any atom is -0.238 e. The van der Waals surface area contributed by atoms with Crippen LogP contribution in [0.5, 0.6) is 0 Å². The Bertz CT molecular complexity index is 718. The lowest BCUT2D eigenvalue weighted by Crippen LogP contribution is -2.05. The second-order valence-electron chi connectivity index (χ2n) is 4.48. The normalized spacial score (nSPS) is 11.3. The summed E-state index contributed by atoms with van der Waals surface area (Å²) in [5, 5.41) is 0. The van der Waals surface area contributed by atoms with Gasteiger partial charge in [0.05, 0.1) is 12.1 Å². The van der Waals surface area contributed by atoms with Crippen LogP contribution >= 0.6 is 0 Å². The molecule has 108 valence electrons. The maximum Gasteiger partial charge on any atom is 0.415 e. The molecule has 1 nitrogen and oxygen atoms in total. The van der Waals surface area contributed by atoms with Crippen molar-refractivity contribution in [3.8, 4) is 11.1 Å². The molecule has 0 aromatic heterocycles. The van der Waals surface area contributed by atoms with E-state index >= 15 is 0 Å². The van der Waals surface area contributed by atoms with E-state index in [0.29, 0.717) is 17.7 Å². The van der Waals surface area contributed by atoms with E-state index in [0.717, 1.165) is 18.2 Å². The van der Waals surface area contributed by atoms with Crippen molar-refractivity contribution in [1.82, 2.24) is 0 Å². The highest BCUT2D eigenvalue weighted by Crippen LogP contribution is 2.37. The van der Waals surface area contributed by atoms with Gasteiger partial charge in [0.1, 0.15) is 11.6 Å². The lowest BCUT2D eigenvalue weighted by atomic mass is 9.99. The van der Waals surface area contributed by atoms with Crippen LogP contribution in [0.25, 0.3) is 16.0 Å². The monoisotopic (exact) mass is 297 g/mol. The number of alkyl halides is 3. The Morgan fingerprint density at radius 3 is 2.00 bits per heavy atom. The van der Waals surface area contributed by atoms with Gasteiger partial charge < -0.3 is 0 Å². The summed E-state index contributed by atoms with van der Waals surface area (Å²) in [7, 11) is 0. The summed E-state index contributed by atoms with van der Waals surface area (Å²) in [6.07, 6.45) is -4.70. The Morgan fingerprint density at radius 1 is 0.952 bits per heavy atom. The number of benzene rings is 2. The van der Waals surface area contributed by atoms with Gasteiger partial charge in [-0.15, -0.1) is 0 Å². The summed E-state index contributed by atoms with van der Waals surface area (Å²) < 4.78 is 66.0. The maximum absolute atomic E-state index is 13.9. The maximum atomic E-state index is 13.9. The predicted octanol–water partition coefficient (Wildman–Crippen LogP) is 5.51. The van der Waals surface area contributed by atoms with Gasteiger partial charge in [-0.2, -0.15) is 13.2 Å². The molecule has 0 N–H and O–H groups in total. The van der Waals surface area contributed by atoms with E-state index in [1.54, 1.807) is 0 Å². The molecule has 0 radical (unpaired) electrons. The van der Waals surface area contributed by atoms with Crippen molar-refractivity contribution < 1.29 is 22.0 Å². The zero-order valence-electron chi connectivity index (χ0n) is 10.7. The summed E-state index contributed by atoms with van der Waals surface area (Å²) in [6.45, 7) is 8.28. The fourth-order valence-electron chi connectivity index (χ4n) is 1.96. The average Bonchev–Trinajstić information content (AvgIpc) is 2.36. The number of rotatable bonds is 1. The molecule has 0 fully saturated rings. The number of hydrogen-bond donors (Lipinski definition) is 0. The van der Waals surface area contributed by atoms with Gasteiger partial charge in [-0.3, -0.25) is 0 Å². The lowest BCUT2D eigenvalue weighted by Gasteiger charge is -2.12. The highest BCUT2D eigenvalue weighted by molar-refractivity contribution is 5.71. The molecule has 0 saturated carbocycles. The molecule has 6 heteroatoms. The van der Waals surface area contributed by atoms with Crippen molar-refractivity contribution in [2.45, 2.75) is 13.1 Å². The van der Waals surface area contributed by atoms with Gasteiger partial charge in [0, 0.05) is 5.56 Å². The first-order chi connectivity index (χ1) is 9.72. The van der Waals surface area contributed by atoms with Gasteiger partial charge in [-0.05, 0) is 48.4 Å². The fourth-order valence-corrected chi connectivity index (χ4v) is 1.96. The zero-order valence-corrected chi connectivity index (χ0v) is 10.7. The van der Waals surface area contributed by atoms with Crippen LogP contribution in [-0.2, 0) is 6.18 Å². The number of nitrogens with zero attached hydrogens (tertiary/aromatic N) is 1. The molecule has 0 aliphatic carbocycles. The second kappa shape index (κ2) is 5.17. The van der Waals surface area contributed by atoms with Crippen molar-refractivity contribution in [2.75, 3.05) is 0 Å². The Morgan fingerprint density at radius 2 is 1.52 bits per heavy atom. The molecule has 0 unspecified atom stereocenters. The van der Waals surface area contributed by atoms with Gasteiger partial charge in [-0.25, -0.2) is 13.6 Å². The van der Waals surface area contributed by atoms with Crippen LogP contribution in [0.1, 0.15) is 11.1 Å². The Balaban J connectivity index is 2.73. The standard InChI is InChI=1S/C15H8F5N/c1-8-3-12(16)14(13(17)4-8)9-5-10(15(18,19)20)7-11(6-9)21-2/h3-7H,1H3. The van der Waals surface area contributed by atoms with Crippen molar-refractivity contribution in [2.24, 2.45) is 0 Å². The molecule has 0 bridgehead atoms. The van der Waals surface area contributed by atoms with Crippen LogP contribution in [0, 0.1) is 25.1 Å². The molecule has 0 atom stereocenters. The SMILES string of the molecule is [C-]#[N+]c1cc(-c2c(F)cc(C)cc2F)cc(C(F)(F)F)c1. The fraction of sp³-hybridized carbons (Fsp3) is 0.133. The van der Waals surface area contributed by atoms with Crippen LogP contribution in [0.2, 0.25) is 0 Å². The van der Waals surface area contributed by atoms with E-state index in [9.17, 15) is 22.0 Å². The lowest BCUT2D eigenvalue weighted by molar-refractivity contribution is -0.137. The van der Waals surface area contributed by atoms with Gasteiger partial charge in [0.15, 0.2) is 5.69 Å². The van der Waals surface area contributed by atoms with Crippen LogP contribution in [0.15, 0.2) is 30.3 Å². The molecule has 0 spiro atoms. The summed E-state index contributed by atoms with van der Waals surface area (Å²) in [5.41, 5.74) is -2.03. The van der Waals surface area contributed by atoms with Gasteiger partial charge in [0.25, 0.3) is 0 Å². The Kier molecular flexibility index (Phi) is 3.69. The van der Waals surface area contributed by atoms with Crippen LogP contribution in [0.4, 0.5) is 27.6 Å². The molecule has 2 rings (SSSR count). The molecule has 0 aliphatic rings. The molecular formula is C15H8F5N. The number of hydrogen-bond acceptors (Lipinski definition) is 0. The van der Waals surface area contributed by atoms with Crippen LogP contribution in [0.3, 0.4) is 0 Å². The molecule has 0 heterocycles. The first-order valence-electron chi connectivity index (χ1n) is 5.78. The summed E-state index contributed by atoms with van der Waals surface area (Å²) in [5.74, 6) is -1.94. The van der Waals surface area contributed by atoms with Crippen molar-refractivity contribution in [1.29, 1.82) is 0 Å². The molecule has 21 heavy (non-hydrogen) atoms. The third kappa shape index (κ3) is 3.02. The molecule has 2 aromatic carbocycles. The van der Waals surface area contributed by atoms with Crippen LogP contribution < -0.4 is 0 Å². The Hall–Kier alpha value is -2.42. The first kappa shape index (κ1) is 15.0. The summed E-state index contributed by atoms with van der Waals surface area (Å²) in [6, 6.07) is 4.34. The van der Waals surface area contributed by atoms with E-state index in [-0.39, 0.29) is 11.3 Å². The summed E-state index contributed by atoms with van der Waals surface area (Å²) in [4.78, 5) is 2.91. The van der Waals surface area contributed by atoms with E-state index in [2.05, 4.69) is 4.85 Å². The molecule has 0 aliphatic heterocycles. The number of aryl methyl sites for hydroxylation is 1. The Labute approximate surface area is 117 Å². The minimum absolute atomic E-state index is 0.311. The van der Waals surface area contributed by atoms with Crippen molar-refractivity contribution >= 4 is 5.69 Å². The third-order valence-electron chi connectivity index (χ3n) is 2.85. The highest BCUT2D eigenvalue weighted by Gasteiger charge is 2.31. The predicted molar refractivity (Wildman–Crippen MR) is 67.8 cm³/mol.